The van der Waals surface area contributed by atoms with Gasteiger partial charge < -0.3 is 15.4 Å². The van der Waals surface area contributed by atoms with Gasteiger partial charge in [0.2, 0.25) is 0 Å². The van der Waals surface area contributed by atoms with Crippen molar-refractivity contribution in [3.63, 3.8) is 0 Å². The van der Waals surface area contributed by atoms with Crippen molar-refractivity contribution in [1.82, 2.24) is 0 Å². The van der Waals surface area contributed by atoms with Crippen molar-refractivity contribution in [3.05, 3.63) is 28.3 Å². The van der Waals surface area contributed by atoms with Crippen molar-refractivity contribution in [2.45, 2.75) is 64.5 Å². The number of non-ortho nitro benzene ring substituents is 1. The van der Waals surface area contributed by atoms with Gasteiger partial charge in [0.1, 0.15) is 5.75 Å². The first-order valence-electron chi connectivity index (χ1n) is 10.8. The first-order valence-corrected chi connectivity index (χ1v) is 10.8. The number of amides is 1. The average molecular weight is 403 g/mol. The lowest BCUT2D eigenvalue weighted by atomic mass is 9.48. The first-order chi connectivity index (χ1) is 13.8. The second-order valence-electron chi connectivity index (χ2n) is 9.68. The molecule has 1 aromatic rings. The summed E-state index contributed by atoms with van der Waals surface area (Å²) in [4.78, 5) is 23.3. The maximum absolute atomic E-state index is 12.8. The molecule has 0 unspecified atom stereocenters. The van der Waals surface area contributed by atoms with E-state index >= 15 is 0 Å². The Kier molecular flexibility index (Phi) is 5.27. The number of nitro benzene ring substituents is 1. The zero-order valence-corrected chi connectivity index (χ0v) is 17.5. The number of ether oxygens (including phenoxy) is 1. The van der Waals surface area contributed by atoms with Crippen molar-refractivity contribution >= 4 is 17.3 Å². The highest BCUT2D eigenvalue weighted by atomic mass is 16.6. The molecule has 1 amide bonds. The second-order valence-corrected chi connectivity index (χ2v) is 9.68. The van der Waals surface area contributed by atoms with Gasteiger partial charge in [-0.15, -0.1) is 0 Å². The minimum Gasteiger partial charge on any atom is -0.494 e. The molecule has 29 heavy (non-hydrogen) atoms. The number of nitrogens with two attached hydrogens (primary N) is 1. The Labute approximate surface area is 171 Å². The molecule has 5 rings (SSSR count). The highest BCUT2D eigenvalue weighted by Crippen LogP contribution is 2.60. The molecule has 0 aliphatic heterocycles. The van der Waals surface area contributed by atoms with E-state index in [-0.39, 0.29) is 17.6 Å². The Morgan fingerprint density at radius 1 is 1.21 bits per heavy atom. The van der Waals surface area contributed by atoms with E-state index in [1.54, 1.807) is 0 Å². The van der Waals surface area contributed by atoms with Crippen LogP contribution in [0.1, 0.15) is 52.4 Å². The lowest BCUT2D eigenvalue weighted by molar-refractivity contribution is -0.718. The first kappa shape index (κ1) is 20.1. The molecule has 0 saturated heterocycles. The fourth-order valence-electron chi connectivity index (χ4n) is 6.60. The van der Waals surface area contributed by atoms with Crippen molar-refractivity contribution < 1.29 is 19.8 Å². The molecule has 4 fully saturated rings. The molecule has 7 heteroatoms. The number of nitrogens with zero attached hydrogens (tertiary/aromatic N) is 1. The third-order valence-corrected chi connectivity index (χ3v) is 7.70. The number of carbonyl (C=O) groups is 1. The molecule has 4 aliphatic rings. The fourth-order valence-corrected chi connectivity index (χ4v) is 6.60. The highest BCUT2D eigenvalue weighted by Gasteiger charge is 2.54. The molecular formula is C22H32N3O4+. The number of carbonyl (C=O) groups excluding carboxylic acids is 1. The molecular weight excluding hydrogens is 370 g/mol. The molecule has 7 nitrogen and oxygen atoms in total. The number of quaternary nitrogens is 1. The molecule has 4 saturated carbocycles. The predicted octanol–water partition coefficient (Wildman–Crippen LogP) is 3.10. The van der Waals surface area contributed by atoms with E-state index in [1.807, 2.05) is 6.92 Å². The van der Waals surface area contributed by atoms with E-state index in [2.05, 4.69) is 17.6 Å². The summed E-state index contributed by atoms with van der Waals surface area (Å²) in [7, 11) is 1.44. The summed E-state index contributed by atoms with van der Waals surface area (Å²) in [6, 6.07) is 4.42. The van der Waals surface area contributed by atoms with Crippen LogP contribution in [-0.2, 0) is 4.79 Å². The number of nitro groups is 1. The molecule has 4 aliphatic carbocycles. The van der Waals surface area contributed by atoms with E-state index < -0.39 is 4.92 Å². The molecule has 1 aromatic carbocycles. The Morgan fingerprint density at radius 2 is 1.79 bits per heavy atom. The monoisotopic (exact) mass is 402 g/mol. The van der Waals surface area contributed by atoms with Crippen LogP contribution in [0.2, 0.25) is 0 Å². The van der Waals surface area contributed by atoms with Gasteiger partial charge in [0.25, 0.3) is 11.6 Å². The Morgan fingerprint density at radius 3 is 2.31 bits per heavy atom. The fraction of sp³-hybridized carbons (Fsp3) is 0.682. The van der Waals surface area contributed by atoms with Crippen LogP contribution < -0.4 is 15.4 Å². The maximum Gasteiger partial charge on any atom is 0.282 e. The zero-order valence-electron chi connectivity index (χ0n) is 17.5. The summed E-state index contributed by atoms with van der Waals surface area (Å²) in [6.45, 7) is 4.23. The number of rotatable bonds is 7. The molecule has 2 atom stereocenters. The van der Waals surface area contributed by atoms with Crippen LogP contribution >= 0.6 is 0 Å². The highest BCUT2D eigenvalue weighted by molar-refractivity contribution is 5.95. The van der Waals surface area contributed by atoms with E-state index in [1.165, 1.54) is 63.8 Å². The van der Waals surface area contributed by atoms with Gasteiger partial charge in [-0.05, 0) is 76.2 Å². The van der Waals surface area contributed by atoms with Crippen LogP contribution in [0.4, 0.5) is 11.4 Å². The molecule has 0 spiro atoms. The van der Waals surface area contributed by atoms with Crippen LogP contribution in [0.5, 0.6) is 5.75 Å². The standard InChI is InChI=1S/C22H31N3O4/c1-13(21(26)24-19-5-4-18(25(27)28)9-20(19)29-3)23-14(2)22-10-15-6-16(11-22)8-17(7-15)12-22/h4-5,9,13-17,23H,6-8,10-12H2,1-3H3,(H,24,26)/p+1/t13-,14+,15?,16?,17?,22?/m1/s1. The summed E-state index contributed by atoms with van der Waals surface area (Å²) in [5.41, 5.74) is 0.787. The van der Waals surface area contributed by atoms with E-state index in [9.17, 15) is 14.9 Å². The molecule has 158 valence electrons. The molecule has 0 radical (unpaired) electrons. The third kappa shape index (κ3) is 3.84. The van der Waals surface area contributed by atoms with Crippen LogP contribution in [0.15, 0.2) is 18.2 Å². The molecule has 0 heterocycles. The minimum absolute atomic E-state index is 0.0603. The van der Waals surface area contributed by atoms with Gasteiger partial charge in [-0.3, -0.25) is 14.9 Å². The smallest absolute Gasteiger partial charge is 0.282 e. The van der Waals surface area contributed by atoms with Gasteiger partial charge >= 0.3 is 0 Å². The summed E-state index contributed by atoms with van der Waals surface area (Å²) in [5.74, 6) is 2.88. The second kappa shape index (κ2) is 7.59. The van der Waals surface area contributed by atoms with Gasteiger partial charge in [-0.25, -0.2) is 0 Å². The van der Waals surface area contributed by atoms with Gasteiger partial charge in [0, 0.05) is 11.5 Å². The van der Waals surface area contributed by atoms with Gasteiger partial charge in [0.15, 0.2) is 6.04 Å². The molecule has 3 N–H and O–H groups in total. The SMILES string of the molecule is COc1cc([N+](=O)[O-])ccc1NC(=O)[C@@H](C)[NH2+][C@@H](C)C12CC3CC(CC(C3)C1)C2. The number of anilines is 1. The lowest BCUT2D eigenvalue weighted by Crippen LogP contribution is -2.98. The number of hydrogen-bond acceptors (Lipinski definition) is 4. The Hall–Kier alpha value is -2.15. The summed E-state index contributed by atoms with van der Waals surface area (Å²) < 4.78 is 5.23. The van der Waals surface area contributed by atoms with Gasteiger partial charge in [-0.2, -0.15) is 0 Å². The van der Waals surface area contributed by atoms with Crippen LogP contribution in [0.25, 0.3) is 0 Å². The molecule has 4 bridgehead atoms. The number of hydrogen-bond donors (Lipinski definition) is 2. The van der Waals surface area contributed by atoms with Gasteiger partial charge in [-0.1, -0.05) is 0 Å². The minimum atomic E-state index is -0.475. The van der Waals surface area contributed by atoms with Crippen LogP contribution in [0.3, 0.4) is 0 Å². The number of nitrogens with one attached hydrogen (secondary N) is 1. The van der Waals surface area contributed by atoms with E-state index in [0.29, 0.717) is 22.9 Å². The summed E-state index contributed by atoms with van der Waals surface area (Å²) >= 11 is 0. The topological polar surface area (TPSA) is 98.1 Å². The number of benzene rings is 1. The van der Waals surface area contributed by atoms with Crippen LogP contribution in [-0.4, -0.2) is 30.0 Å². The third-order valence-electron chi connectivity index (χ3n) is 7.70. The average Bonchev–Trinajstić information content (AvgIpc) is 2.66. The van der Waals surface area contributed by atoms with E-state index in [0.717, 1.165) is 17.8 Å². The van der Waals surface area contributed by atoms with Crippen molar-refractivity contribution in [1.29, 1.82) is 0 Å². The largest absolute Gasteiger partial charge is 0.494 e. The lowest BCUT2D eigenvalue weighted by Gasteiger charge is -2.58. The normalized spacial score (nSPS) is 31.9. The zero-order chi connectivity index (χ0) is 20.8. The van der Waals surface area contributed by atoms with Crippen LogP contribution in [0, 0.1) is 33.3 Å². The van der Waals surface area contributed by atoms with Gasteiger partial charge in [0.05, 0.1) is 29.8 Å². The number of methoxy groups -OCH3 is 1. The van der Waals surface area contributed by atoms with Crippen molar-refractivity contribution in [2.75, 3.05) is 12.4 Å². The van der Waals surface area contributed by atoms with Crippen molar-refractivity contribution in [2.24, 2.45) is 23.2 Å². The van der Waals surface area contributed by atoms with Crippen molar-refractivity contribution in [3.8, 4) is 5.75 Å². The molecule has 0 aromatic heterocycles. The quantitative estimate of drug-likeness (QED) is 0.541. The summed E-state index contributed by atoms with van der Waals surface area (Å²) in [5, 5.41) is 16.1. The predicted molar refractivity (Wildman–Crippen MR) is 110 cm³/mol. The Balaban J connectivity index is 1.40. The summed E-state index contributed by atoms with van der Waals surface area (Å²) in [6.07, 6.45) is 8.22. The Bertz CT molecular complexity index is 774. The van der Waals surface area contributed by atoms with E-state index in [4.69, 9.17) is 4.74 Å². The maximum atomic E-state index is 12.8.